The summed E-state index contributed by atoms with van der Waals surface area (Å²) < 4.78 is 38.5. The molecule has 9 heteroatoms. The van der Waals surface area contributed by atoms with E-state index in [0.717, 1.165) is 17.7 Å². The summed E-state index contributed by atoms with van der Waals surface area (Å²) in [7, 11) is 0. The number of carbonyl (C=O) groups excluding carboxylic acids is 2. The number of halogens is 4. The number of nitrogens with zero attached hydrogens (tertiary/aromatic N) is 1. The van der Waals surface area contributed by atoms with E-state index in [2.05, 4.69) is 5.32 Å². The lowest BCUT2D eigenvalue weighted by Gasteiger charge is -2.25. The van der Waals surface area contributed by atoms with Crippen LogP contribution in [0.1, 0.15) is 30.3 Å². The van der Waals surface area contributed by atoms with Crippen molar-refractivity contribution in [2.75, 3.05) is 21.8 Å². The summed E-state index contributed by atoms with van der Waals surface area (Å²) in [5.74, 6) is -0.0544. The lowest BCUT2D eigenvalue weighted by atomic mass is 9.95. The van der Waals surface area contributed by atoms with Crippen molar-refractivity contribution in [1.29, 1.82) is 0 Å². The number of carbonyl (C=O) groups is 2. The van der Waals surface area contributed by atoms with E-state index in [1.54, 1.807) is 32.0 Å². The monoisotopic (exact) mass is 456 g/mol. The quantitative estimate of drug-likeness (QED) is 0.588. The fourth-order valence-corrected chi connectivity index (χ4v) is 4.18. The lowest BCUT2D eigenvalue weighted by Crippen LogP contribution is -2.32. The summed E-state index contributed by atoms with van der Waals surface area (Å²) >= 11 is 7.23. The first-order chi connectivity index (χ1) is 14.0. The molecule has 2 aromatic carbocycles. The number of thioether (sulfide) groups is 1. The summed E-state index contributed by atoms with van der Waals surface area (Å²) in [6.45, 7) is 3.47. The summed E-state index contributed by atoms with van der Waals surface area (Å²) in [6.07, 6.45) is -4.44. The van der Waals surface area contributed by atoms with Gasteiger partial charge in [-0.25, -0.2) is 0 Å². The topological polar surface area (TPSA) is 49.4 Å². The second-order valence-electron chi connectivity index (χ2n) is 7.57. The predicted molar refractivity (Wildman–Crippen MR) is 114 cm³/mol. The van der Waals surface area contributed by atoms with E-state index in [1.807, 2.05) is 6.07 Å². The number of anilines is 2. The summed E-state index contributed by atoms with van der Waals surface area (Å²) in [5, 5.41) is 2.42. The Morgan fingerprint density at radius 3 is 2.47 bits per heavy atom. The minimum atomic E-state index is -4.44. The molecular formula is C21H20ClF3N2O2S. The Labute approximate surface area is 181 Å². The van der Waals surface area contributed by atoms with Crippen LogP contribution in [0.15, 0.2) is 48.5 Å². The highest BCUT2D eigenvalue weighted by molar-refractivity contribution is 8.00. The Hall–Kier alpha value is -2.19. The highest BCUT2D eigenvalue weighted by Crippen LogP contribution is 2.43. The summed E-state index contributed by atoms with van der Waals surface area (Å²) in [4.78, 5) is 26.3. The van der Waals surface area contributed by atoms with Crippen LogP contribution < -0.4 is 10.2 Å². The number of amides is 2. The van der Waals surface area contributed by atoms with Gasteiger partial charge in [0.15, 0.2) is 0 Å². The van der Waals surface area contributed by atoms with Gasteiger partial charge in [-0.05, 0) is 55.8 Å². The van der Waals surface area contributed by atoms with E-state index in [4.69, 9.17) is 11.6 Å². The first-order valence-electron chi connectivity index (χ1n) is 9.11. The van der Waals surface area contributed by atoms with Gasteiger partial charge in [0.1, 0.15) is 5.37 Å². The molecule has 160 valence electrons. The lowest BCUT2D eigenvalue weighted by molar-refractivity contribution is -0.137. The average Bonchev–Trinajstić information content (AvgIpc) is 3.09. The highest BCUT2D eigenvalue weighted by atomic mass is 35.5. The maximum Gasteiger partial charge on any atom is 0.416 e. The molecule has 1 heterocycles. The largest absolute Gasteiger partial charge is 0.416 e. The van der Waals surface area contributed by atoms with Crippen LogP contribution in [0, 0.1) is 5.41 Å². The molecule has 1 atom stereocenters. The third kappa shape index (κ3) is 4.75. The SMILES string of the molecule is CC(C)(CCl)C(=O)Nc1cccc(C2SCC(=O)N2c2ccc(C(F)(F)F)cc2)c1. The van der Waals surface area contributed by atoms with Gasteiger partial charge in [0.2, 0.25) is 11.8 Å². The van der Waals surface area contributed by atoms with Crippen molar-refractivity contribution in [3.8, 4) is 0 Å². The standard InChI is InChI=1S/C21H20ClF3N2O2S/c1-20(2,12-22)19(29)26-15-5-3-4-13(10-15)18-27(17(28)11-30-18)16-8-6-14(7-9-16)21(23,24)25/h3-10,18H,11-12H2,1-2H3,(H,26,29). The van der Waals surface area contributed by atoms with Gasteiger partial charge in [0.25, 0.3) is 0 Å². The maximum atomic E-state index is 12.8. The van der Waals surface area contributed by atoms with Crippen molar-refractivity contribution in [1.82, 2.24) is 0 Å². The van der Waals surface area contributed by atoms with Gasteiger partial charge in [0.05, 0.1) is 16.7 Å². The van der Waals surface area contributed by atoms with Gasteiger partial charge < -0.3 is 5.32 Å². The number of hydrogen-bond acceptors (Lipinski definition) is 3. The Morgan fingerprint density at radius 2 is 1.87 bits per heavy atom. The van der Waals surface area contributed by atoms with Gasteiger partial charge in [-0.1, -0.05) is 12.1 Å². The molecule has 2 amide bonds. The summed E-state index contributed by atoms with van der Waals surface area (Å²) in [6, 6.07) is 11.6. The zero-order chi connectivity index (χ0) is 22.1. The number of rotatable bonds is 5. The first kappa shape index (κ1) is 22.5. The number of benzene rings is 2. The number of nitrogens with one attached hydrogen (secondary N) is 1. The highest BCUT2D eigenvalue weighted by Gasteiger charge is 2.36. The molecule has 3 rings (SSSR count). The van der Waals surface area contributed by atoms with E-state index in [-0.39, 0.29) is 23.4 Å². The second kappa shape index (κ2) is 8.51. The van der Waals surface area contributed by atoms with Crippen LogP contribution in [0.3, 0.4) is 0 Å². The van der Waals surface area contributed by atoms with Gasteiger partial charge in [-0.2, -0.15) is 13.2 Å². The predicted octanol–water partition coefficient (Wildman–Crippen LogP) is 5.69. The second-order valence-corrected chi connectivity index (χ2v) is 8.90. The van der Waals surface area contributed by atoms with Crippen molar-refractivity contribution in [2.24, 2.45) is 5.41 Å². The van der Waals surface area contributed by atoms with Gasteiger partial charge in [-0.15, -0.1) is 23.4 Å². The van der Waals surface area contributed by atoms with Gasteiger partial charge in [-0.3, -0.25) is 14.5 Å². The van der Waals surface area contributed by atoms with Gasteiger partial charge in [0, 0.05) is 17.3 Å². The molecule has 4 nitrogen and oxygen atoms in total. The Morgan fingerprint density at radius 1 is 1.20 bits per heavy atom. The summed E-state index contributed by atoms with van der Waals surface area (Å²) in [5.41, 5.74) is 0.187. The number of alkyl halides is 4. The molecule has 1 N–H and O–H groups in total. The Kier molecular flexibility index (Phi) is 6.38. The normalized spacial score (nSPS) is 17.3. The molecular weight excluding hydrogens is 437 g/mol. The minimum Gasteiger partial charge on any atom is -0.326 e. The molecule has 0 aromatic heterocycles. The molecule has 0 aliphatic carbocycles. The van der Waals surface area contributed by atoms with Crippen LogP contribution in [-0.4, -0.2) is 23.4 Å². The Bertz CT molecular complexity index is 948. The van der Waals surface area contributed by atoms with Crippen LogP contribution >= 0.6 is 23.4 Å². The van der Waals surface area contributed by atoms with E-state index in [1.165, 1.54) is 28.8 Å². The van der Waals surface area contributed by atoms with E-state index in [0.29, 0.717) is 11.4 Å². The Balaban J connectivity index is 1.86. The fourth-order valence-electron chi connectivity index (χ4n) is 2.89. The molecule has 0 saturated carbocycles. The molecule has 0 radical (unpaired) electrons. The van der Waals surface area contributed by atoms with Crippen LogP contribution in [0.4, 0.5) is 24.5 Å². The van der Waals surface area contributed by atoms with E-state index >= 15 is 0 Å². The molecule has 1 fully saturated rings. The smallest absolute Gasteiger partial charge is 0.326 e. The van der Waals surface area contributed by atoms with Gasteiger partial charge >= 0.3 is 6.18 Å². The van der Waals surface area contributed by atoms with Crippen LogP contribution in [0.2, 0.25) is 0 Å². The molecule has 1 aliphatic rings. The molecule has 2 aromatic rings. The van der Waals surface area contributed by atoms with Crippen molar-refractivity contribution in [3.63, 3.8) is 0 Å². The van der Waals surface area contributed by atoms with E-state index in [9.17, 15) is 22.8 Å². The average molecular weight is 457 g/mol. The molecule has 0 spiro atoms. The first-order valence-corrected chi connectivity index (χ1v) is 10.7. The van der Waals surface area contributed by atoms with Crippen LogP contribution in [0.5, 0.6) is 0 Å². The van der Waals surface area contributed by atoms with E-state index < -0.39 is 22.5 Å². The third-order valence-electron chi connectivity index (χ3n) is 4.72. The van der Waals surface area contributed by atoms with Crippen LogP contribution in [0.25, 0.3) is 0 Å². The van der Waals surface area contributed by atoms with Crippen molar-refractivity contribution >= 4 is 46.6 Å². The molecule has 1 saturated heterocycles. The molecule has 1 unspecified atom stereocenters. The third-order valence-corrected chi connectivity index (χ3v) is 6.60. The zero-order valence-corrected chi connectivity index (χ0v) is 17.9. The minimum absolute atomic E-state index is 0.160. The molecule has 1 aliphatic heterocycles. The number of hydrogen-bond donors (Lipinski definition) is 1. The molecule has 30 heavy (non-hydrogen) atoms. The van der Waals surface area contributed by atoms with Crippen molar-refractivity contribution in [2.45, 2.75) is 25.4 Å². The maximum absolute atomic E-state index is 12.8. The van der Waals surface area contributed by atoms with Crippen LogP contribution in [-0.2, 0) is 15.8 Å². The van der Waals surface area contributed by atoms with Crippen molar-refractivity contribution in [3.05, 3.63) is 59.7 Å². The fraction of sp³-hybridized carbons (Fsp3) is 0.333. The van der Waals surface area contributed by atoms with Crippen molar-refractivity contribution < 1.29 is 22.8 Å². The zero-order valence-electron chi connectivity index (χ0n) is 16.3. The molecule has 0 bridgehead atoms.